The van der Waals surface area contributed by atoms with Gasteiger partial charge < -0.3 is 10.1 Å². The first-order chi connectivity index (χ1) is 14.8. The number of para-hydroxylation sites is 2. The van der Waals surface area contributed by atoms with E-state index in [1.54, 1.807) is 24.3 Å². The molecule has 3 aromatic carbocycles. The van der Waals surface area contributed by atoms with Crippen LogP contribution < -0.4 is 0 Å². The van der Waals surface area contributed by atoms with E-state index in [1.165, 1.54) is 0 Å². The molecule has 1 aromatic heterocycles. The predicted molar refractivity (Wildman–Crippen MR) is 124 cm³/mol. The van der Waals surface area contributed by atoms with E-state index in [4.69, 9.17) is 0 Å². The second-order valence-electron chi connectivity index (χ2n) is 7.76. The molecule has 5 nitrogen and oxygen atoms in total. The number of carboxylic acid groups (broad SMARTS) is 1. The van der Waals surface area contributed by atoms with Crippen molar-refractivity contribution >= 4 is 34.7 Å². The van der Waals surface area contributed by atoms with Crippen LogP contribution >= 0.6 is 12.6 Å². The van der Waals surface area contributed by atoms with Crippen molar-refractivity contribution in [1.82, 2.24) is 9.97 Å². The summed E-state index contributed by atoms with van der Waals surface area (Å²) in [5.41, 5.74) is 2.63. The van der Waals surface area contributed by atoms with Gasteiger partial charge in [0.15, 0.2) is 5.12 Å². The Labute approximate surface area is 185 Å². The Balaban J connectivity index is 2.07. The van der Waals surface area contributed by atoms with E-state index in [1.807, 2.05) is 62.4 Å². The lowest BCUT2D eigenvalue weighted by atomic mass is 9.65. The first-order valence-corrected chi connectivity index (χ1v) is 10.3. The summed E-state index contributed by atoms with van der Waals surface area (Å²) in [6.45, 7) is 3.86. The molecular weight excluding hydrogens is 408 g/mol. The molecule has 0 spiro atoms. The number of carboxylic acids is 1. The van der Waals surface area contributed by atoms with Crippen LogP contribution in [0.5, 0.6) is 0 Å². The van der Waals surface area contributed by atoms with Crippen molar-refractivity contribution < 1.29 is 14.7 Å². The van der Waals surface area contributed by atoms with Crippen molar-refractivity contribution in [3.63, 3.8) is 0 Å². The third-order valence-electron chi connectivity index (χ3n) is 5.71. The summed E-state index contributed by atoms with van der Waals surface area (Å²) in [5.74, 6) is -2.05. The number of hydrogen-bond acceptors (Lipinski definition) is 3. The van der Waals surface area contributed by atoms with E-state index in [2.05, 4.69) is 22.6 Å². The van der Waals surface area contributed by atoms with Crippen LogP contribution in [0.4, 0.5) is 0 Å². The largest absolute Gasteiger partial charge is 0.480 e. The monoisotopic (exact) mass is 430 g/mol. The first kappa shape index (κ1) is 20.9. The molecule has 4 aromatic rings. The van der Waals surface area contributed by atoms with Crippen LogP contribution in [0.3, 0.4) is 0 Å². The zero-order chi connectivity index (χ0) is 22.2. The minimum atomic E-state index is -1.71. The summed E-state index contributed by atoms with van der Waals surface area (Å²) in [6.07, 6.45) is 0. The molecule has 0 radical (unpaired) electrons. The van der Waals surface area contributed by atoms with Gasteiger partial charge in [-0.05, 0) is 37.1 Å². The number of rotatable bonds is 6. The highest BCUT2D eigenvalue weighted by atomic mass is 32.1. The van der Waals surface area contributed by atoms with Crippen LogP contribution in [0.15, 0.2) is 72.8 Å². The molecule has 1 atom stereocenters. The number of carbonyl (C=O) groups excluding carboxylic acids is 1. The molecule has 1 unspecified atom stereocenters. The molecule has 0 saturated heterocycles. The number of thiol groups is 1. The van der Waals surface area contributed by atoms with Gasteiger partial charge in [0, 0.05) is 0 Å². The second kappa shape index (κ2) is 8.04. The number of aromatic amines is 1. The van der Waals surface area contributed by atoms with E-state index < -0.39 is 22.4 Å². The second-order valence-corrected chi connectivity index (χ2v) is 8.20. The molecule has 0 saturated carbocycles. The number of carbonyl (C=O) groups is 2. The lowest BCUT2D eigenvalue weighted by Crippen LogP contribution is -2.45. The van der Waals surface area contributed by atoms with E-state index in [-0.39, 0.29) is 5.82 Å². The lowest BCUT2D eigenvalue weighted by molar-refractivity contribution is -0.144. The van der Waals surface area contributed by atoms with Crippen LogP contribution in [0.1, 0.15) is 34.0 Å². The average molecular weight is 431 g/mol. The van der Waals surface area contributed by atoms with Gasteiger partial charge in [0.1, 0.15) is 17.2 Å². The van der Waals surface area contributed by atoms with Gasteiger partial charge in [0.25, 0.3) is 0 Å². The Morgan fingerprint density at radius 1 is 0.903 bits per heavy atom. The van der Waals surface area contributed by atoms with Gasteiger partial charge in [-0.1, -0.05) is 71.8 Å². The standard InChI is InChI=1S/C25H22N2O3S/c1-15-7-11-17(12-8-15)25(24(29)30,18-13-9-16(2)10-14-18)21(23(28)31)22-26-19-5-3-4-6-20(19)27-22/h3-14,21H,1-2H3,(H,26,27)(H,28,31)(H,29,30). The summed E-state index contributed by atoms with van der Waals surface area (Å²) < 4.78 is 0. The molecule has 0 aliphatic carbocycles. The molecular formula is C25H22N2O3S. The molecule has 2 N–H and O–H groups in total. The third kappa shape index (κ3) is 3.53. The zero-order valence-corrected chi connectivity index (χ0v) is 18.1. The minimum absolute atomic E-state index is 0.268. The highest BCUT2D eigenvalue weighted by Gasteiger charge is 2.53. The SMILES string of the molecule is Cc1ccc(C(C(=O)O)(c2ccc(C)cc2)C(C(=O)S)c2nc3ccccc3[nH]2)cc1. The van der Waals surface area contributed by atoms with E-state index in [0.29, 0.717) is 16.6 Å². The van der Waals surface area contributed by atoms with Crippen molar-refractivity contribution in [3.8, 4) is 0 Å². The quantitative estimate of drug-likeness (QED) is 0.384. The van der Waals surface area contributed by atoms with Crippen molar-refractivity contribution in [1.29, 1.82) is 0 Å². The maximum absolute atomic E-state index is 13.1. The Kier molecular flexibility index (Phi) is 5.41. The topological polar surface area (TPSA) is 83.0 Å². The Morgan fingerprint density at radius 2 is 1.42 bits per heavy atom. The Hall–Kier alpha value is -3.38. The van der Waals surface area contributed by atoms with Gasteiger partial charge in [0.05, 0.1) is 11.0 Å². The molecule has 1 heterocycles. The Bertz CT molecular complexity index is 1180. The fourth-order valence-corrected chi connectivity index (χ4v) is 4.44. The van der Waals surface area contributed by atoms with Gasteiger partial charge in [0.2, 0.25) is 0 Å². The summed E-state index contributed by atoms with van der Waals surface area (Å²) in [5, 5.41) is 10.1. The van der Waals surface area contributed by atoms with Crippen molar-refractivity contribution in [3.05, 3.63) is 101 Å². The lowest BCUT2D eigenvalue weighted by Gasteiger charge is -2.36. The number of fused-ring (bicyclic) bond motifs is 1. The van der Waals surface area contributed by atoms with Crippen LogP contribution in [0, 0.1) is 13.8 Å². The number of aromatic nitrogens is 2. The molecule has 0 bridgehead atoms. The molecule has 0 aliphatic heterocycles. The van der Waals surface area contributed by atoms with E-state index in [9.17, 15) is 14.7 Å². The highest BCUT2D eigenvalue weighted by molar-refractivity contribution is 7.96. The average Bonchev–Trinajstić information content (AvgIpc) is 3.16. The number of benzene rings is 3. The zero-order valence-electron chi connectivity index (χ0n) is 17.2. The van der Waals surface area contributed by atoms with Crippen molar-refractivity contribution in [2.75, 3.05) is 0 Å². The van der Waals surface area contributed by atoms with Gasteiger partial charge in [-0.25, -0.2) is 4.98 Å². The normalized spacial score (nSPS) is 12.6. The fourth-order valence-electron chi connectivity index (χ4n) is 4.12. The number of H-pyrrole nitrogens is 1. The maximum atomic E-state index is 13.1. The molecule has 31 heavy (non-hydrogen) atoms. The molecule has 4 rings (SSSR count). The first-order valence-electron chi connectivity index (χ1n) is 9.89. The fraction of sp³-hybridized carbons (Fsp3) is 0.160. The Morgan fingerprint density at radius 3 is 1.87 bits per heavy atom. The number of aliphatic carboxylic acids is 1. The van der Waals surface area contributed by atoms with Gasteiger partial charge in [-0.2, -0.15) is 0 Å². The summed E-state index contributed by atoms with van der Waals surface area (Å²) in [4.78, 5) is 33.8. The third-order valence-corrected chi connectivity index (χ3v) is 5.97. The van der Waals surface area contributed by atoms with Crippen LogP contribution in [0.25, 0.3) is 11.0 Å². The number of nitrogens with one attached hydrogen (secondary N) is 1. The van der Waals surface area contributed by atoms with Gasteiger partial charge in [-0.3, -0.25) is 9.59 Å². The highest BCUT2D eigenvalue weighted by Crippen LogP contribution is 2.46. The van der Waals surface area contributed by atoms with Crippen molar-refractivity contribution in [2.45, 2.75) is 25.2 Å². The molecule has 156 valence electrons. The van der Waals surface area contributed by atoms with Gasteiger partial charge in [-0.15, -0.1) is 12.6 Å². The smallest absolute Gasteiger partial charge is 0.319 e. The molecule has 6 heteroatoms. The predicted octanol–water partition coefficient (Wildman–Crippen LogP) is 4.79. The maximum Gasteiger partial charge on any atom is 0.319 e. The number of imidazole rings is 1. The number of hydrogen-bond donors (Lipinski definition) is 3. The van der Waals surface area contributed by atoms with E-state index >= 15 is 0 Å². The number of aryl methyl sites for hydroxylation is 2. The molecule has 0 amide bonds. The summed E-state index contributed by atoms with van der Waals surface area (Å²) in [6, 6.07) is 21.8. The van der Waals surface area contributed by atoms with Gasteiger partial charge >= 0.3 is 5.97 Å². The van der Waals surface area contributed by atoms with Crippen LogP contribution in [0.2, 0.25) is 0 Å². The number of nitrogens with zero attached hydrogens (tertiary/aromatic N) is 1. The van der Waals surface area contributed by atoms with Crippen molar-refractivity contribution in [2.24, 2.45) is 0 Å². The molecule has 0 fully saturated rings. The minimum Gasteiger partial charge on any atom is -0.480 e. The molecule has 0 aliphatic rings. The summed E-state index contributed by atoms with van der Waals surface area (Å²) >= 11 is 4.15. The van der Waals surface area contributed by atoms with Crippen LogP contribution in [-0.2, 0) is 15.0 Å². The van der Waals surface area contributed by atoms with Crippen LogP contribution in [-0.4, -0.2) is 26.2 Å². The van der Waals surface area contributed by atoms with E-state index in [0.717, 1.165) is 16.6 Å². The summed E-state index contributed by atoms with van der Waals surface area (Å²) in [7, 11) is 0.